The molecule has 0 heterocycles. The van der Waals surface area contributed by atoms with E-state index in [2.05, 4.69) is 19.1 Å². The normalized spacial score (nSPS) is 12.4. The number of hydrogen-bond acceptors (Lipinski definition) is 2. The van der Waals surface area contributed by atoms with E-state index in [1.807, 2.05) is 37.3 Å². The molecule has 1 atom stereocenters. The Morgan fingerprint density at radius 1 is 1.11 bits per heavy atom. The number of benzene rings is 2. The van der Waals surface area contributed by atoms with E-state index in [0.717, 1.165) is 15.5 Å². The highest BCUT2D eigenvalue weighted by Gasteiger charge is 2.07. The number of aryl methyl sites for hydroxylation is 1. The largest absolute Gasteiger partial charge is 0.324 e. The molecule has 0 saturated carbocycles. The van der Waals surface area contributed by atoms with Crippen LogP contribution in [0.1, 0.15) is 24.1 Å². The van der Waals surface area contributed by atoms with E-state index in [0.29, 0.717) is 0 Å². The van der Waals surface area contributed by atoms with Gasteiger partial charge in [-0.3, -0.25) is 0 Å². The van der Waals surface area contributed by atoms with Crippen molar-refractivity contribution in [3.8, 4) is 0 Å². The molecule has 2 aromatic rings. The zero-order valence-corrected chi connectivity index (χ0v) is 12.1. The molecular formula is C15H16ClNS. The first-order valence-corrected chi connectivity index (χ1v) is 7.06. The maximum Gasteiger partial charge on any atom is 0.0548 e. The fraction of sp³-hybridized carbons (Fsp3) is 0.200. The van der Waals surface area contributed by atoms with E-state index < -0.39 is 0 Å². The van der Waals surface area contributed by atoms with E-state index in [1.165, 1.54) is 10.5 Å². The van der Waals surface area contributed by atoms with Gasteiger partial charge in [-0.2, -0.15) is 0 Å². The summed E-state index contributed by atoms with van der Waals surface area (Å²) in [7, 11) is 0. The van der Waals surface area contributed by atoms with Gasteiger partial charge in [0.1, 0.15) is 0 Å². The first kappa shape index (κ1) is 13.5. The third-order valence-electron chi connectivity index (χ3n) is 2.80. The fourth-order valence-electron chi connectivity index (χ4n) is 1.67. The van der Waals surface area contributed by atoms with Gasteiger partial charge in [0.2, 0.25) is 0 Å². The molecule has 3 heteroatoms. The average Bonchev–Trinajstić information content (AvgIpc) is 2.34. The highest BCUT2D eigenvalue weighted by atomic mass is 35.5. The Balaban J connectivity index is 2.28. The second-order valence-electron chi connectivity index (χ2n) is 4.35. The Bertz CT molecular complexity index is 552. The quantitative estimate of drug-likeness (QED) is 0.870. The number of halogens is 1. The monoisotopic (exact) mass is 277 g/mol. The van der Waals surface area contributed by atoms with Gasteiger partial charge >= 0.3 is 0 Å². The smallest absolute Gasteiger partial charge is 0.0548 e. The molecule has 2 N–H and O–H groups in total. The molecule has 94 valence electrons. The summed E-state index contributed by atoms with van der Waals surface area (Å²) in [6, 6.07) is 14.3. The van der Waals surface area contributed by atoms with Crippen LogP contribution in [0.4, 0.5) is 0 Å². The van der Waals surface area contributed by atoms with Gasteiger partial charge in [-0.05, 0) is 43.2 Å². The minimum absolute atomic E-state index is 0.0139. The third kappa shape index (κ3) is 3.08. The minimum atomic E-state index is 0.0139. The van der Waals surface area contributed by atoms with Gasteiger partial charge in [0, 0.05) is 15.8 Å². The van der Waals surface area contributed by atoms with E-state index in [-0.39, 0.29) is 6.04 Å². The van der Waals surface area contributed by atoms with E-state index in [9.17, 15) is 0 Å². The van der Waals surface area contributed by atoms with Crippen molar-refractivity contribution in [2.24, 2.45) is 5.73 Å². The minimum Gasteiger partial charge on any atom is -0.324 e. The van der Waals surface area contributed by atoms with Crippen LogP contribution in [-0.2, 0) is 0 Å². The molecule has 1 unspecified atom stereocenters. The molecule has 2 rings (SSSR count). The van der Waals surface area contributed by atoms with Gasteiger partial charge in [-0.25, -0.2) is 0 Å². The lowest BCUT2D eigenvalue weighted by Crippen LogP contribution is -2.04. The summed E-state index contributed by atoms with van der Waals surface area (Å²) in [6.07, 6.45) is 0. The van der Waals surface area contributed by atoms with Crippen LogP contribution >= 0.6 is 23.4 Å². The van der Waals surface area contributed by atoms with Crippen LogP contribution in [0.2, 0.25) is 5.02 Å². The molecule has 0 aliphatic heterocycles. The summed E-state index contributed by atoms with van der Waals surface area (Å²) in [4.78, 5) is 2.29. The van der Waals surface area contributed by atoms with Crippen molar-refractivity contribution in [2.75, 3.05) is 0 Å². The van der Waals surface area contributed by atoms with Gasteiger partial charge in [0.15, 0.2) is 0 Å². The maximum atomic E-state index is 6.30. The Labute approximate surface area is 117 Å². The lowest BCUT2D eigenvalue weighted by atomic mass is 10.1. The van der Waals surface area contributed by atoms with Crippen LogP contribution in [0.15, 0.2) is 52.3 Å². The molecule has 0 bridgehead atoms. The number of nitrogens with two attached hydrogens (primary N) is 1. The lowest BCUT2D eigenvalue weighted by molar-refractivity contribution is 0.817. The van der Waals surface area contributed by atoms with Crippen molar-refractivity contribution in [1.82, 2.24) is 0 Å². The van der Waals surface area contributed by atoms with E-state index >= 15 is 0 Å². The number of hydrogen-bond donors (Lipinski definition) is 1. The van der Waals surface area contributed by atoms with Crippen LogP contribution < -0.4 is 5.73 Å². The molecule has 0 saturated heterocycles. The highest BCUT2D eigenvalue weighted by molar-refractivity contribution is 7.99. The summed E-state index contributed by atoms with van der Waals surface area (Å²) in [5, 5.41) is 0.762. The van der Waals surface area contributed by atoms with Crippen molar-refractivity contribution in [1.29, 1.82) is 0 Å². The zero-order chi connectivity index (χ0) is 13.1. The summed E-state index contributed by atoms with van der Waals surface area (Å²) in [6.45, 7) is 4.06. The lowest BCUT2D eigenvalue weighted by Gasteiger charge is -2.10. The fourth-order valence-corrected chi connectivity index (χ4v) is 2.88. The first-order chi connectivity index (χ1) is 8.58. The van der Waals surface area contributed by atoms with Gasteiger partial charge in [-0.15, -0.1) is 0 Å². The standard InChI is InChI=1S/C15H16ClNS/c1-10-5-3-4-6-14(10)18-15-8-7-12(11(2)17)9-13(15)16/h3-9,11H,17H2,1-2H3. The van der Waals surface area contributed by atoms with Crippen molar-refractivity contribution >= 4 is 23.4 Å². The summed E-state index contributed by atoms with van der Waals surface area (Å²) in [5.74, 6) is 0. The molecule has 18 heavy (non-hydrogen) atoms. The van der Waals surface area contributed by atoms with Crippen LogP contribution in [0, 0.1) is 6.92 Å². The Kier molecular flexibility index (Phi) is 4.33. The van der Waals surface area contributed by atoms with Crippen molar-refractivity contribution < 1.29 is 0 Å². The predicted molar refractivity (Wildman–Crippen MR) is 79.4 cm³/mol. The van der Waals surface area contributed by atoms with E-state index in [1.54, 1.807) is 11.8 Å². The van der Waals surface area contributed by atoms with Crippen LogP contribution in [0.5, 0.6) is 0 Å². The van der Waals surface area contributed by atoms with Gasteiger partial charge in [0.05, 0.1) is 5.02 Å². The molecule has 0 radical (unpaired) electrons. The summed E-state index contributed by atoms with van der Waals surface area (Å²) in [5.41, 5.74) is 8.17. The molecule has 0 spiro atoms. The van der Waals surface area contributed by atoms with Gasteiger partial charge in [0.25, 0.3) is 0 Å². The molecule has 1 nitrogen and oxygen atoms in total. The Hall–Kier alpha value is -0.960. The second kappa shape index (κ2) is 5.79. The molecule has 2 aromatic carbocycles. The van der Waals surface area contributed by atoms with Crippen molar-refractivity contribution in [3.05, 3.63) is 58.6 Å². The summed E-state index contributed by atoms with van der Waals surface area (Å²) >= 11 is 7.99. The summed E-state index contributed by atoms with van der Waals surface area (Å²) < 4.78 is 0. The Morgan fingerprint density at radius 2 is 1.83 bits per heavy atom. The predicted octanol–water partition coefficient (Wildman–Crippen LogP) is 4.82. The average molecular weight is 278 g/mol. The van der Waals surface area contributed by atoms with Crippen molar-refractivity contribution in [2.45, 2.75) is 29.7 Å². The molecule has 0 amide bonds. The zero-order valence-electron chi connectivity index (χ0n) is 10.5. The molecule has 0 aromatic heterocycles. The van der Waals surface area contributed by atoms with Gasteiger partial charge in [-0.1, -0.05) is 47.6 Å². The van der Waals surface area contributed by atoms with E-state index in [4.69, 9.17) is 17.3 Å². The van der Waals surface area contributed by atoms with Crippen LogP contribution in [0.25, 0.3) is 0 Å². The first-order valence-electron chi connectivity index (χ1n) is 5.86. The maximum absolute atomic E-state index is 6.30. The molecular weight excluding hydrogens is 262 g/mol. The van der Waals surface area contributed by atoms with Crippen molar-refractivity contribution in [3.63, 3.8) is 0 Å². The molecule has 0 aliphatic carbocycles. The molecule has 0 fully saturated rings. The van der Waals surface area contributed by atoms with Crippen LogP contribution in [-0.4, -0.2) is 0 Å². The highest BCUT2D eigenvalue weighted by Crippen LogP contribution is 2.35. The SMILES string of the molecule is Cc1ccccc1Sc1ccc(C(C)N)cc1Cl. The van der Waals surface area contributed by atoms with Gasteiger partial charge < -0.3 is 5.73 Å². The Morgan fingerprint density at radius 3 is 2.44 bits per heavy atom. The second-order valence-corrected chi connectivity index (χ2v) is 5.84. The topological polar surface area (TPSA) is 26.0 Å². The third-order valence-corrected chi connectivity index (χ3v) is 4.47. The number of rotatable bonds is 3. The van der Waals surface area contributed by atoms with Crippen LogP contribution in [0.3, 0.4) is 0 Å². The molecule has 0 aliphatic rings.